The summed E-state index contributed by atoms with van der Waals surface area (Å²) in [5.41, 5.74) is 12.8. The van der Waals surface area contributed by atoms with E-state index in [2.05, 4.69) is 36.3 Å². The molecule has 1 fully saturated rings. The Hall–Kier alpha value is -3.63. The average Bonchev–Trinajstić information content (AvgIpc) is 2.92. The Balaban J connectivity index is 1.39. The normalized spacial score (nSPS) is 15.1. The molecule has 1 saturated heterocycles. The second kappa shape index (κ2) is 10.8. The number of benzene rings is 1. The lowest BCUT2D eigenvalue weighted by Crippen LogP contribution is -2.40. The van der Waals surface area contributed by atoms with Gasteiger partial charge in [0.2, 0.25) is 5.91 Å². The van der Waals surface area contributed by atoms with E-state index in [4.69, 9.17) is 20.5 Å². The van der Waals surface area contributed by atoms with Crippen LogP contribution in [0.2, 0.25) is 0 Å². The van der Waals surface area contributed by atoms with Gasteiger partial charge in [-0.3, -0.25) is 9.63 Å². The van der Waals surface area contributed by atoms with Crippen molar-refractivity contribution in [2.75, 3.05) is 30.8 Å². The number of anilines is 2. The number of nitrogens with zero attached hydrogens (tertiary/aromatic N) is 5. The molecule has 1 atom stereocenters. The molecular weight excluding hydrogens is 534 g/mol. The summed E-state index contributed by atoms with van der Waals surface area (Å²) in [6.45, 7) is 3.65. The number of nitrogen functional groups attached to an aromatic ring is 1. The molecule has 9 nitrogen and oxygen atoms in total. The van der Waals surface area contributed by atoms with Gasteiger partial charge in [0, 0.05) is 35.2 Å². The van der Waals surface area contributed by atoms with Gasteiger partial charge >= 0.3 is 0 Å². The van der Waals surface area contributed by atoms with Gasteiger partial charge in [-0.1, -0.05) is 35.0 Å². The maximum absolute atomic E-state index is 12.1. The van der Waals surface area contributed by atoms with Crippen LogP contribution in [0.25, 0.3) is 33.4 Å². The van der Waals surface area contributed by atoms with E-state index in [1.54, 1.807) is 0 Å². The molecule has 1 unspecified atom stereocenters. The van der Waals surface area contributed by atoms with Gasteiger partial charge in [-0.05, 0) is 60.2 Å². The standard InChI is InChI=1S/C27H28BrN7O2/c1-16(27(36)34-37-2)17-8-10-35(11-9-17)23-7-6-19(14-30-23)22-13-21(18-4-3-5-20(28)12-18)24-25(29)31-15-32-26(24)33-22/h3-7,12-17H,8-11H2,1-2H3,(H,34,36)(H2,29,31,32,33). The number of hydrogen-bond donors (Lipinski definition) is 2. The summed E-state index contributed by atoms with van der Waals surface area (Å²) >= 11 is 3.56. The minimum Gasteiger partial charge on any atom is -0.383 e. The lowest BCUT2D eigenvalue weighted by Gasteiger charge is -2.35. The lowest BCUT2D eigenvalue weighted by atomic mass is 9.85. The van der Waals surface area contributed by atoms with Crippen LogP contribution >= 0.6 is 15.9 Å². The summed E-state index contributed by atoms with van der Waals surface area (Å²) in [4.78, 5) is 37.3. The van der Waals surface area contributed by atoms with E-state index < -0.39 is 0 Å². The first-order valence-electron chi connectivity index (χ1n) is 12.2. The minimum atomic E-state index is -0.0892. The highest BCUT2D eigenvalue weighted by atomic mass is 79.9. The van der Waals surface area contributed by atoms with Crippen molar-refractivity contribution < 1.29 is 9.63 Å². The van der Waals surface area contributed by atoms with Crippen molar-refractivity contribution in [2.24, 2.45) is 11.8 Å². The average molecular weight is 562 g/mol. The van der Waals surface area contributed by atoms with Crippen molar-refractivity contribution in [3.05, 3.63) is 59.5 Å². The number of nitrogens with two attached hydrogens (primary N) is 1. The van der Waals surface area contributed by atoms with Crippen molar-refractivity contribution in [1.29, 1.82) is 0 Å². The molecule has 10 heteroatoms. The predicted molar refractivity (Wildman–Crippen MR) is 147 cm³/mol. The second-order valence-corrected chi connectivity index (χ2v) is 10.1. The van der Waals surface area contributed by atoms with Crippen LogP contribution in [0.3, 0.4) is 0 Å². The SMILES string of the molecule is CONC(=O)C(C)C1CCN(c2ccc(-c3cc(-c4cccc(Br)c4)c4c(N)ncnc4n3)cn2)CC1. The third-order valence-electron chi connectivity index (χ3n) is 7.00. The molecule has 3 aromatic heterocycles. The minimum absolute atomic E-state index is 0.0689. The first-order chi connectivity index (χ1) is 17.9. The fourth-order valence-electron chi connectivity index (χ4n) is 4.88. The maximum atomic E-state index is 12.1. The lowest BCUT2D eigenvalue weighted by molar-refractivity contribution is -0.136. The molecule has 0 bridgehead atoms. The molecule has 0 saturated carbocycles. The number of pyridine rings is 2. The van der Waals surface area contributed by atoms with Crippen LogP contribution in [-0.2, 0) is 9.63 Å². The number of amides is 1. The number of carbonyl (C=O) groups is 1. The highest BCUT2D eigenvalue weighted by molar-refractivity contribution is 9.10. The fourth-order valence-corrected chi connectivity index (χ4v) is 5.28. The van der Waals surface area contributed by atoms with Gasteiger partial charge < -0.3 is 10.6 Å². The summed E-state index contributed by atoms with van der Waals surface area (Å²) in [6.07, 6.45) is 5.12. The number of fused-ring (bicyclic) bond motifs is 1. The van der Waals surface area contributed by atoms with E-state index in [1.165, 1.54) is 13.4 Å². The third kappa shape index (κ3) is 5.26. The van der Waals surface area contributed by atoms with Crippen molar-refractivity contribution in [2.45, 2.75) is 19.8 Å². The van der Waals surface area contributed by atoms with E-state index in [1.807, 2.05) is 55.6 Å². The van der Waals surface area contributed by atoms with E-state index in [-0.39, 0.29) is 11.8 Å². The molecule has 1 amide bonds. The topological polar surface area (TPSA) is 119 Å². The number of halogens is 1. The first kappa shape index (κ1) is 25.0. The van der Waals surface area contributed by atoms with Crippen LogP contribution in [-0.4, -0.2) is 46.0 Å². The molecule has 5 rings (SSSR count). The number of nitrogens with one attached hydrogen (secondary N) is 1. The highest BCUT2D eigenvalue weighted by Crippen LogP contribution is 2.35. The number of hydroxylamine groups is 1. The summed E-state index contributed by atoms with van der Waals surface area (Å²) in [6, 6.07) is 14.1. The number of piperidine rings is 1. The Kier molecular flexibility index (Phi) is 7.29. The van der Waals surface area contributed by atoms with Crippen LogP contribution in [0.5, 0.6) is 0 Å². The molecule has 4 heterocycles. The van der Waals surface area contributed by atoms with Gasteiger partial charge in [0.25, 0.3) is 0 Å². The van der Waals surface area contributed by atoms with Gasteiger partial charge in [0.1, 0.15) is 18.0 Å². The van der Waals surface area contributed by atoms with Crippen LogP contribution in [0.4, 0.5) is 11.6 Å². The second-order valence-electron chi connectivity index (χ2n) is 9.21. The molecule has 0 spiro atoms. The Morgan fingerprint density at radius 3 is 2.65 bits per heavy atom. The quantitative estimate of drug-likeness (QED) is 0.327. The van der Waals surface area contributed by atoms with Gasteiger partial charge in [-0.15, -0.1) is 0 Å². The predicted octanol–water partition coefficient (Wildman–Crippen LogP) is 4.63. The number of rotatable bonds is 6. The van der Waals surface area contributed by atoms with E-state index in [0.717, 1.165) is 64.0 Å². The summed E-state index contributed by atoms with van der Waals surface area (Å²) in [5, 5.41) is 0.727. The molecule has 3 N–H and O–H groups in total. The van der Waals surface area contributed by atoms with Gasteiger partial charge in [-0.2, -0.15) is 0 Å². The molecule has 1 aliphatic heterocycles. The zero-order valence-electron chi connectivity index (χ0n) is 20.7. The van der Waals surface area contributed by atoms with Crippen molar-refractivity contribution in [3.8, 4) is 22.4 Å². The van der Waals surface area contributed by atoms with E-state index >= 15 is 0 Å². The molecule has 4 aromatic rings. The third-order valence-corrected chi connectivity index (χ3v) is 7.49. The largest absolute Gasteiger partial charge is 0.383 e. The van der Waals surface area contributed by atoms with Crippen molar-refractivity contribution in [3.63, 3.8) is 0 Å². The maximum Gasteiger partial charge on any atom is 0.246 e. The molecule has 1 aromatic carbocycles. The van der Waals surface area contributed by atoms with E-state index in [0.29, 0.717) is 17.4 Å². The number of carbonyl (C=O) groups excluding carboxylic acids is 1. The Bertz CT molecular complexity index is 1420. The van der Waals surface area contributed by atoms with Crippen LogP contribution < -0.4 is 16.1 Å². The van der Waals surface area contributed by atoms with Crippen LogP contribution in [0, 0.1) is 11.8 Å². The summed E-state index contributed by atoms with van der Waals surface area (Å²) < 4.78 is 0.968. The summed E-state index contributed by atoms with van der Waals surface area (Å²) in [7, 11) is 1.46. The smallest absolute Gasteiger partial charge is 0.246 e. The number of hydrogen-bond acceptors (Lipinski definition) is 8. The zero-order chi connectivity index (χ0) is 25.9. The monoisotopic (exact) mass is 561 g/mol. The molecule has 1 aliphatic rings. The molecule has 0 radical (unpaired) electrons. The Labute approximate surface area is 223 Å². The molecule has 37 heavy (non-hydrogen) atoms. The van der Waals surface area contributed by atoms with E-state index in [9.17, 15) is 4.79 Å². The van der Waals surface area contributed by atoms with Gasteiger partial charge in [0.05, 0.1) is 18.2 Å². The van der Waals surface area contributed by atoms with Crippen LogP contribution in [0.15, 0.2) is 59.5 Å². The van der Waals surface area contributed by atoms with Crippen LogP contribution in [0.1, 0.15) is 19.8 Å². The Morgan fingerprint density at radius 1 is 1.14 bits per heavy atom. The van der Waals surface area contributed by atoms with Gasteiger partial charge in [0.15, 0.2) is 5.65 Å². The van der Waals surface area contributed by atoms with Crippen molar-refractivity contribution in [1.82, 2.24) is 25.4 Å². The summed E-state index contributed by atoms with van der Waals surface area (Å²) in [5.74, 6) is 1.47. The van der Waals surface area contributed by atoms with Crippen molar-refractivity contribution >= 4 is 44.5 Å². The Morgan fingerprint density at radius 2 is 1.95 bits per heavy atom. The molecular formula is C27H28BrN7O2. The zero-order valence-corrected chi connectivity index (χ0v) is 22.3. The first-order valence-corrected chi connectivity index (χ1v) is 12.9. The van der Waals surface area contributed by atoms with Gasteiger partial charge in [-0.25, -0.2) is 25.4 Å². The number of aromatic nitrogens is 4. The fraction of sp³-hybridized carbons (Fsp3) is 0.296. The molecule has 0 aliphatic carbocycles. The highest BCUT2D eigenvalue weighted by Gasteiger charge is 2.28. The molecule has 190 valence electrons.